The van der Waals surface area contributed by atoms with E-state index in [9.17, 15) is 4.57 Å². The monoisotopic (exact) mass is 364 g/mol. The Balaban J connectivity index is 2.61. The molecule has 128 valence electrons. The standard InChI is InChI=1S/C13H29N2O4PSi2/c1-21(2,3)11-9-18-20(16,15-13-7-8-17-14-13)19-10-12-22(4,5)6/h7-8H,9-12H2,1-6H3,(H,14,15,16). The van der Waals surface area contributed by atoms with E-state index in [1.54, 1.807) is 6.07 Å². The Labute approximate surface area is 135 Å². The summed E-state index contributed by atoms with van der Waals surface area (Å²) in [7, 11) is -5.92. The van der Waals surface area contributed by atoms with Gasteiger partial charge in [0.1, 0.15) is 6.26 Å². The van der Waals surface area contributed by atoms with Crippen LogP contribution in [0, 0.1) is 0 Å². The normalized spacial score (nSPS) is 13.4. The van der Waals surface area contributed by atoms with Gasteiger partial charge in [-0.05, 0) is 12.1 Å². The fourth-order valence-corrected chi connectivity index (χ4v) is 4.49. The van der Waals surface area contributed by atoms with E-state index < -0.39 is 23.9 Å². The minimum atomic E-state index is -3.41. The first-order chi connectivity index (χ1) is 9.99. The summed E-state index contributed by atoms with van der Waals surface area (Å²) in [6.45, 7) is 14.3. The van der Waals surface area contributed by atoms with Gasteiger partial charge in [0.25, 0.3) is 0 Å². The summed E-state index contributed by atoms with van der Waals surface area (Å²) in [5.74, 6) is 0.365. The van der Waals surface area contributed by atoms with Gasteiger partial charge in [-0.15, -0.1) is 0 Å². The maximum absolute atomic E-state index is 12.8. The Morgan fingerprint density at radius 3 is 1.95 bits per heavy atom. The topological polar surface area (TPSA) is 73.6 Å². The molecule has 1 heterocycles. The average Bonchev–Trinajstić information content (AvgIpc) is 2.77. The van der Waals surface area contributed by atoms with Gasteiger partial charge >= 0.3 is 7.75 Å². The third kappa shape index (κ3) is 8.90. The zero-order valence-electron chi connectivity index (χ0n) is 14.5. The number of nitrogens with one attached hydrogen (secondary N) is 1. The van der Waals surface area contributed by atoms with E-state index in [2.05, 4.69) is 49.5 Å². The molecule has 0 unspecified atom stereocenters. The highest BCUT2D eigenvalue weighted by atomic mass is 31.2. The van der Waals surface area contributed by atoms with Crippen LogP contribution in [0.25, 0.3) is 0 Å². The number of hydrogen-bond donors (Lipinski definition) is 1. The molecular formula is C13H29N2O4PSi2. The molecule has 22 heavy (non-hydrogen) atoms. The van der Waals surface area contributed by atoms with Crippen LogP contribution < -0.4 is 5.09 Å². The van der Waals surface area contributed by atoms with Crippen molar-refractivity contribution in [3.63, 3.8) is 0 Å². The van der Waals surface area contributed by atoms with E-state index in [0.717, 1.165) is 12.1 Å². The smallest absolute Gasteiger partial charge is 0.363 e. The largest absolute Gasteiger partial charge is 0.433 e. The first-order valence-electron chi connectivity index (χ1n) is 7.57. The minimum absolute atomic E-state index is 0.365. The fraction of sp³-hybridized carbons (Fsp3) is 0.769. The van der Waals surface area contributed by atoms with Crippen molar-refractivity contribution in [3.05, 3.63) is 12.3 Å². The molecule has 0 atom stereocenters. The molecule has 6 nitrogen and oxygen atoms in total. The molecule has 0 radical (unpaired) electrons. The first-order valence-corrected chi connectivity index (χ1v) is 16.5. The average molecular weight is 365 g/mol. The molecule has 0 spiro atoms. The van der Waals surface area contributed by atoms with Crippen LogP contribution in [0.4, 0.5) is 5.82 Å². The molecule has 0 amide bonds. The summed E-state index contributed by atoms with van der Waals surface area (Å²) in [4.78, 5) is 0. The molecular weight excluding hydrogens is 335 g/mol. The van der Waals surface area contributed by atoms with Crippen molar-refractivity contribution < 1.29 is 18.1 Å². The lowest BCUT2D eigenvalue weighted by Gasteiger charge is -2.23. The highest BCUT2D eigenvalue weighted by molar-refractivity contribution is 7.55. The summed E-state index contributed by atoms with van der Waals surface area (Å²) in [6, 6.07) is 3.44. The number of rotatable bonds is 10. The van der Waals surface area contributed by atoms with Crippen LogP contribution in [-0.2, 0) is 13.6 Å². The maximum atomic E-state index is 12.8. The Hall–Kier alpha value is -0.406. The summed E-state index contributed by atoms with van der Waals surface area (Å²) in [5.41, 5.74) is 0. The lowest BCUT2D eigenvalue weighted by atomic mass is 10.7. The van der Waals surface area contributed by atoms with Crippen LogP contribution in [0.2, 0.25) is 51.4 Å². The lowest BCUT2D eigenvalue weighted by molar-refractivity contribution is 0.223. The Kier molecular flexibility index (Phi) is 7.07. The van der Waals surface area contributed by atoms with E-state index in [4.69, 9.17) is 13.6 Å². The van der Waals surface area contributed by atoms with Gasteiger partial charge in [-0.25, -0.2) is 4.57 Å². The van der Waals surface area contributed by atoms with Crippen LogP contribution in [0.15, 0.2) is 16.9 Å². The van der Waals surface area contributed by atoms with Gasteiger partial charge in [0.05, 0.1) is 13.2 Å². The molecule has 0 aliphatic heterocycles. The summed E-state index contributed by atoms with van der Waals surface area (Å²) >= 11 is 0. The highest BCUT2D eigenvalue weighted by Crippen LogP contribution is 2.48. The Morgan fingerprint density at radius 1 is 1.09 bits per heavy atom. The molecule has 1 aromatic heterocycles. The number of hydrogen-bond acceptors (Lipinski definition) is 5. The van der Waals surface area contributed by atoms with E-state index in [1.807, 2.05) is 0 Å². The van der Waals surface area contributed by atoms with Crippen molar-refractivity contribution in [1.29, 1.82) is 0 Å². The SMILES string of the molecule is C[Si](C)(C)CCOP(=O)(Nc1ccon1)OCC[Si](C)(C)C. The number of nitrogens with zero attached hydrogens (tertiary/aromatic N) is 1. The molecule has 0 aliphatic carbocycles. The van der Waals surface area contributed by atoms with Gasteiger partial charge in [-0.3, -0.25) is 14.1 Å². The predicted molar refractivity (Wildman–Crippen MR) is 95.9 cm³/mol. The van der Waals surface area contributed by atoms with Crippen LogP contribution >= 0.6 is 7.75 Å². The summed E-state index contributed by atoms with van der Waals surface area (Å²) in [6.07, 6.45) is 1.41. The second-order valence-electron chi connectivity index (χ2n) is 7.78. The second-order valence-corrected chi connectivity index (χ2v) is 20.8. The summed E-state index contributed by atoms with van der Waals surface area (Å²) < 4.78 is 28.8. The minimum Gasteiger partial charge on any atom is -0.363 e. The zero-order chi connectivity index (χ0) is 16.9. The third-order valence-corrected chi connectivity index (χ3v) is 7.87. The van der Waals surface area contributed by atoms with Gasteiger partial charge in [-0.2, -0.15) is 0 Å². The van der Waals surface area contributed by atoms with Crippen LogP contribution in [-0.4, -0.2) is 34.5 Å². The third-order valence-electron chi connectivity index (χ3n) is 2.92. The quantitative estimate of drug-likeness (QED) is 0.470. The Morgan fingerprint density at radius 2 is 1.59 bits per heavy atom. The fourth-order valence-electron chi connectivity index (χ4n) is 1.46. The Bertz CT molecular complexity index is 459. The van der Waals surface area contributed by atoms with Crippen molar-refractivity contribution in [2.75, 3.05) is 18.3 Å². The molecule has 0 fully saturated rings. The number of anilines is 1. The van der Waals surface area contributed by atoms with Crippen molar-refractivity contribution in [2.45, 2.75) is 51.4 Å². The van der Waals surface area contributed by atoms with Crippen molar-refractivity contribution >= 4 is 29.7 Å². The van der Waals surface area contributed by atoms with Gasteiger partial charge in [-0.1, -0.05) is 44.4 Å². The van der Waals surface area contributed by atoms with Gasteiger partial charge in [0, 0.05) is 22.2 Å². The molecule has 0 saturated carbocycles. The number of aromatic nitrogens is 1. The lowest BCUT2D eigenvalue weighted by Crippen LogP contribution is -2.23. The molecule has 1 N–H and O–H groups in total. The summed E-state index contributed by atoms with van der Waals surface area (Å²) in [5, 5.41) is 6.46. The zero-order valence-corrected chi connectivity index (χ0v) is 17.4. The van der Waals surface area contributed by atoms with Crippen molar-refractivity contribution in [2.24, 2.45) is 0 Å². The molecule has 0 aliphatic rings. The first kappa shape index (κ1) is 19.6. The molecule has 0 saturated heterocycles. The highest BCUT2D eigenvalue weighted by Gasteiger charge is 2.28. The van der Waals surface area contributed by atoms with Crippen molar-refractivity contribution in [3.8, 4) is 0 Å². The van der Waals surface area contributed by atoms with E-state index >= 15 is 0 Å². The van der Waals surface area contributed by atoms with Crippen molar-refractivity contribution in [1.82, 2.24) is 5.16 Å². The van der Waals surface area contributed by atoms with Crippen LogP contribution in [0.3, 0.4) is 0 Å². The van der Waals surface area contributed by atoms with E-state index in [-0.39, 0.29) is 0 Å². The molecule has 1 rings (SSSR count). The van der Waals surface area contributed by atoms with Gasteiger partial charge in [0.15, 0.2) is 5.82 Å². The maximum Gasteiger partial charge on any atom is 0.433 e. The molecule has 0 bridgehead atoms. The molecule has 1 aromatic rings. The predicted octanol–water partition coefficient (Wildman–Crippen LogP) is 4.90. The van der Waals surface area contributed by atoms with Gasteiger partial charge < -0.3 is 4.52 Å². The van der Waals surface area contributed by atoms with E-state index in [0.29, 0.717) is 19.0 Å². The molecule has 0 aromatic carbocycles. The second kappa shape index (κ2) is 7.92. The van der Waals surface area contributed by atoms with Gasteiger partial charge in [0.2, 0.25) is 0 Å². The van der Waals surface area contributed by atoms with Crippen LogP contribution in [0.5, 0.6) is 0 Å². The van der Waals surface area contributed by atoms with Crippen LogP contribution in [0.1, 0.15) is 0 Å². The molecule has 9 heteroatoms. The van der Waals surface area contributed by atoms with E-state index in [1.165, 1.54) is 6.26 Å².